The first-order valence-electron chi connectivity index (χ1n) is 8.19. The van der Waals surface area contributed by atoms with Crippen molar-refractivity contribution in [3.05, 3.63) is 52.1 Å². The van der Waals surface area contributed by atoms with Crippen LogP contribution in [0.5, 0.6) is 0 Å². The molecule has 0 unspecified atom stereocenters. The highest BCUT2D eigenvalue weighted by atomic mass is 16.2. The minimum Gasteiger partial charge on any atom is -0.352 e. The predicted molar refractivity (Wildman–Crippen MR) is 95.9 cm³/mol. The Hall–Kier alpha value is -2.96. The van der Waals surface area contributed by atoms with E-state index in [9.17, 15) is 9.59 Å². The molecule has 0 fully saturated rings. The van der Waals surface area contributed by atoms with E-state index in [1.165, 1.54) is 4.68 Å². The molecule has 1 aromatic carbocycles. The molecule has 130 valence electrons. The van der Waals surface area contributed by atoms with Gasteiger partial charge in [-0.2, -0.15) is 10.2 Å². The Labute approximate surface area is 145 Å². The van der Waals surface area contributed by atoms with Gasteiger partial charge in [0, 0.05) is 11.4 Å². The van der Waals surface area contributed by atoms with Crippen molar-refractivity contribution in [1.82, 2.24) is 24.9 Å². The molecule has 25 heavy (non-hydrogen) atoms. The number of hydrogen-bond acceptors (Lipinski definition) is 4. The summed E-state index contributed by atoms with van der Waals surface area (Å²) in [5.74, 6) is -0.245. The Morgan fingerprint density at radius 2 is 1.96 bits per heavy atom. The fraction of sp³-hybridized carbons (Fsp3) is 0.333. The van der Waals surface area contributed by atoms with E-state index in [1.807, 2.05) is 52.0 Å². The van der Waals surface area contributed by atoms with Crippen LogP contribution in [0.3, 0.4) is 0 Å². The molecule has 1 amide bonds. The van der Waals surface area contributed by atoms with Crippen LogP contribution in [0.1, 0.15) is 25.1 Å². The Morgan fingerprint density at radius 1 is 1.24 bits per heavy atom. The molecule has 0 saturated carbocycles. The van der Waals surface area contributed by atoms with Crippen LogP contribution in [0, 0.1) is 13.8 Å². The Morgan fingerprint density at radius 3 is 2.64 bits per heavy atom. The number of benzene rings is 1. The number of rotatable bonds is 4. The number of aryl methyl sites for hydroxylation is 2. The van der Waals surface area contributed by atoms with E-state index >= 15 is 0 Å². The lowest BCUT2D eigenvalue weighted by Gasteiger charge is -2.11. The van der Waals surface area contributed by atoms with Gasteiger partial charge in [-0.1, -0.05) is 18.2 Å². The van der Waals surface area contributed by atoms with E-state index in [4.69, 9.17) is 0 Å². The van der Waals surface area contributed by atoms with Gasteiger partial charge in [0.2, 0.25) is 5.91 Å². The van der Waals surface area contributed by atoms with Crippen LogP contribution >= 0.6 is 0 Å². The second-order valence-corrected chi connectivity index (χ2v) is 6.38. The van der Waals surface area contributed by atoms with Gasteiger partial charge in [-0.3, -0.25) is 9.59 Å². The van der Waals surface area contributed by atoms with Crippen molar-refractivity contribution < 1.29 is 4.79 Å². The molecule has 0 atom stereocenters. The lowest BCUT2D eigenvalue weighted by molar-refractivity contribution is -0.122. The van der Waals surface area contributed by atoms with Gasteiger partial charge >= 0.3 is 0 Å². The third kappa shape index (κ3) is 3.17. The number of hydrogen-bond donors (Lipinski definition) is 1. The molecule has 0 bridgehead atoms. The largest absolute Gasteiger partial charge is 0.352 e. The van der Waals surface area contributed by atoms with Crippen molar-refractivity contribution in [1.29, 1.82) is 0 Å². The molecule has 0 radical (unpaired) electrons. The molecule has 3 rings (SSSR count). The average Bonchev–Trinajstić information content (AvgIpc) is 2.97. The number of para-hydroxylation sites is 1. The van der Waals surface area contributed by atoms with Crippen molar-refractivity contribution in [2.75, 3.05) is 0 Å². The molecule has 0 spiro atoms. The summed E-state index contributed by atoms with van der Waals surface area (Å²) in [7, 11) is 0. The van der Waals surface area contributed by atoms with Crippen molar-refractivity contribution in [2.45, 2.75) is 40.3 Å². The van der Waals surface area contributed by atoms with Gasteiger partial charge in [-0.05, 0) is 39.3 Å². The monoisotopic (exact) mass is 339 g/mol. The number of carbonyl (C=O) groups excluding carboxylic acids is 1. The number of aromatic nitrogens is 4. The van der Waals surface area contributed by atoms with E-state index in [0.29, 0.717) is 16.6 Å². The van der Waals surface area contributed by atoms with Crippen LogP contribution in [0.25, 0.3) is 16.6 Å². The molecule has 2 aromatic heterocycles. The van der Waals surface area contributed by atoms with Gasteiger partial charge in [-0.25, -0.2) is 9.36 Å². The summed E-state index contributed by atoms with van der Waals surface area (Å²) >= 11 is 0. The Balaban J connectivity index is 2.16. The smallest absolute Gasteiger partial charge is 0.293 e. The molecule has 1 N–H and O–H groups in total. The van der Waals surface area contributed by atoms with E-state index in [0.717, 1.165) is 11.3 Å². The van der Waals surface area contributed by atoms with Gasteiger partial charge in [0.15, 0.2) is 0 Å². The van der Waals surface area contributed by atoms with Crippen LogP contribution in [-0.2, 0) is 11.3 Å². The average molecular weight is 339 g/mol. The summed E-state index contributed by atoms with van der Waals surface area (Å²) < 4.78 is 2.82. The zero-order valence-electron chi connectivity index (χ0n) is 14.8. The molecule has 0 saturated heterocycles. The van der Waals surface area contributed by atoms with E-state index in [-0.39, 0.29) is 24.1 Å². The number of amides is 1. The highest BCUT2D eigenvalue weighted by Gasteiger charge is 2.17. The van der Waals surface area contributed by atoms with Gasteiger partial charge < -0.3 is 5.32 Å². The minimum atomic E-state index is -0.333. The Kier molecular flexibility index (Phi) is 4.39. The third-order valence-corrected chi connectivity index (χ3v) is 3.95. The van der Waals surface area contributed by atoms with Crippen molar-refractivity contribution >= 4 is 16.8 Å². The van der Waals surface area contributed by atoms with E-state index < -0.39 is 0 Å². The molecule has 3 aromatic rings. The molecular weight excluding hydrogens is 318 g/mol. The lowest BCUT2D eigenvalue weighted by Crippen LogP contribution is -2.37. The number of carbonyl (C=O) groups is 1. The molecule has 0 aliphatic rings. The topological polar surface area (TPSA) is 81.8 Å². The molecule has 2 heterocycles. The van der Waals surface area contributed by atoms with Gasteiger partial charge in [0.1, 0.15) is 12.1 Å². The Bertz CT molecular complexity index is 1000. The van der Waals surface area contributed by atoms with Crippen LogP contribution in [0.2, 0.25) is 0 Å². The molecular formula is C18H21N5O2. The van der Waals surface area contributed by atoms with E-state index in [1.54, 1.807) is 10.9 Å². The van der Waals surface area contributed by atoms with Gasteiger partial charge in [-0.15, -0.1) is 0 Å². The first kappa shape index (κ1) is 16.9. The summed E-state index contributed by atoms with van der Waals surface area (Å²) in [6.45, 7) is 7.40. The first-order valence-corrected chi connectivity index (χ1v) is 8.19. The fourth-order valence-corrected chi connectivity index (χ4v) is 2.82. The number of fused-ring (bicyclic) bond motifs is 1. The standard InChI is InChI=1S/C18H21N5O2/c1-11(2)20-16(24)10-22-18(25)17-14(13(4)21-22)9-19-23(17)15-8-6-5-7-12(15)3/h5-9,11H,10H2,1-4H3,(H,20,24). The van der Waals surface area contributed by atoms with Crippen LogP contribution in [0.15, 0.2) is 35.3 Å². The van der Waals surface area contributed by atoms with Gasteiger partial charge in [0.05, 0.1) is 17.6 Å². The molecule has 0 aliphatic heterocycles. The van der Waals surface area contributed by atoms with Crippen LogP contribution in [-0.4, -0.2) is 31.5 Å². The fourth-order valence-electron chi connectivity index (χ4n) is 2.82. The maximum atomic E-state index is 12.9. The van der Waals surface area contributed by atoms with Gasteiger partial charge in [0.25, 0.3) is 5.56 Å². The predicted octanol–water partition coefficient (Wildman–Crippen LogP) is 1.72. The first-order chi connectivity index (χ1) is 11.9. The summed E-state index contributed by atoms with van der Waals surface area (Å²) in [6.07, 6.45) is 1.64. The zero-order valence-corrected chi connectivity index (χ0v) is 14.8. The number of nitrogens with one attached hydrogen (secondary N) is 1. The van der Waals surface area contributed by atoms with E-state index in [2.05, 4.69) is 15.5 Å². The highest BCUT2D eigenvalue weighted by Crippen LogP contribution is 2.19. The molecule has 7 nitrogen and oxygen atoms in total. The third-order valence-electron chi connectivity index (χ3n) is 3.95. The SMILES string of the molecule is Cc1ccccc1-n1ncc2c(C)nn(CC(=O)NC(C)C)c(=O)c21. The maximum absolute atomic E-state index is 12.9. The number of nitrogens with zero attached hydrogens (tertiary/aromatic N) is 4. The highest BCUT2D eigenvalue weighted by molar-refractivity contribution is 5.82. The van der Waals surface area contributed by atoms with Crippen molar-refractivity contribution in [3.63, 3.8) is 0 Å². The van der Waals surface area contributed by atoms with Crippen molar-refractivity contribution in [3.8, 4) is 5.69 Å². The molecule has 0 aliphatic carbocycles. The van der Waals surface area contributed by atoms with Crippen LogP contribution < -0.4 is 10.9 Å². The summed E-state index contributed by atoms with van der Waals surface area (Å²) in [5.41, 5.74) is 2.59. The second-order valence-electron chi connectivity index (χ2n) is 6.38. The second kappa shape index (κ2) is 6.51. The maximum Gasteiger partial charge on any atom is 0.293 e. The summed E-state index contributed by atoms with van der Waals surface area (Å²) in [5, 5.41) is 12.1. The summed E-state index contributed by atoms with van der Waals surface area (Å²) in [4.78, 5) is 25.0. The lowest BCUT2D eigenvalue weighted by atomic mass is 10.2. The van der Waals surface area contributed by atoms with Crippen LogP contribution in [0.4, 0.5) is 0 Å². The summed E-state index contributed by atoms with van der Waals surface area (Å²) in [6, 6.07) is 7.72. The molecule has 7 heteroatoms. The zero-order chi connectivity index (χ0) is 18.1. The quantitative estimate of drug-likeness (QED) is 0.785. The van der Waals surface area contributed by atoms with Crippen molar-refractivity contribution in [2.24, 2.45) is 0 Å². The normalized spacial score (nSPS) is 11.2. The minimum absolute atomic E-state index is 0.00512.